The van der Waals surface area contributed by atoms with Gasteiger partial charge >= 0.3 is 0 Å². The molecule has 25 heavy (non-hydrogen) atoms. The lowest BCUT2D eigenvalue weighted by molar-refractivity contribution is 0.0946. The number of nitrogens with zero attached hydrogens (tertiary/aromatic N) is 5. The molecule has 6 nitrogen and oxygen atoms in total. The smallest absolute Gasteiger partial charge is 0.277 e. The average molecular weight is 335 g/mol. The Morgan fingerprint density at radius 2 is 2.00 bits per heavy atom. The van der Waals surface area contributed by atoms with E-state index < -0.39 is 0 Å². The SMILES string of the molecule is Cc1nc2nccc(C(=O)N3c4ccccc4[C@@H](C)CC3(C)C)n2n1. The van der Waals surface area contributed by atoms with E-state index in [1.807, 2.05) is 23.1 Å². The number of fused-ring (bicyclic) bond motifs is 2. The lowest BCUT2D eigenvalue weighted by Crippen LogP contribution is -2.52. The summed E-state index contributed by atoms with van der Waals surface area (Å²) in [6.07, 6.45) is 2.52. The van der Waals surface area contributed by atoms with Crippen molar-refractivity contribution in [2.24, 2.45) is 0 Å². The van der Waals surface area contributed by atoms with Gasteiger partial charge < -0.3 is 4.90 Å². The molecule has 6 heteroatoms. The van der Waals surface area contributed by atoms with E-state index in [0.29, 0.717) is 23.2 Å². The highest BCUT2D eigenvalue weighted by Gasteiger charge is 2.40. The minimum absolute atomic E-state index is 0.0818. The van der Waals surface area contributed by atoms with Gasteiger partial charge in [0.2, 0.25) is 0 Å². The third-order valence-electron chi connectivity index (χ3n) is 4.89. The number of para-hydroxylation sites is 1. The summed E-state index contributed by atoms with van der Waals surface area (Å²) in [5.41, 5.74) is 2.35. The fourth-order valence-electron chi connectivity index (χ4n) is 3.94. The van der Waals surface area contributed by atoms with Gasteiger partial charge in [0.25, 0.3) is 11.7 Å². The van der Waals surface area contributed by atoms with Crippen LogP contribution in [0.25, 0.3) is 5.78 Å². The lowest BCUT2D eigenvalue weighted by atomic mass is 9.80. The fraction of sp³-hybridized carbons (Fsp3) is 0.368. The number of carbonyl (C=O) groups excluding carboxylic acids is 1. The predicted molar refractivity (Wildman–Crippen MR) is 95.9 cm³/mol. The van der Waals surface area contributed by atoms with Crippen LogP contribution in [0.4, 0.5) is 5.69 Å². The first-order valence-electron chi connectivity index (χ1n) is 8.50. The van der Waals surface area contributed by atoms with E-state index in [2.05, 4.69) is 41.9 Å². The van der Waals surface area contributed by atoms with Crippen LogP contribution in [-0.2, 0) is 0 Å². The van der Waals surface area contributed by atoms with Crippen molar-refractivity contribution in [3.8, 4) is 0 Å². The van der Waals surface area contributed by atoms with Gasteiger partial charge in [0.15, 0.2) is 0 Å². The second-order valence-electron chi connectivity index (χ2n) is 7.32. The maximum Gasteiger partial charge on any atom is 0.277 e. The van der Waals surface area contributed by atoms with Crippen molar-refractivity contribution in [1.82, 2.24) is 19.6 Å². The number of carbonyl (C=O) groups is 1. The highest BCUT2D eigenvalue weighted by atomic mass is 16.2. The van der Waals surface area contributed by atoms with Crippen LogP contribution >= 0.6 is 0 Å². The number of anilines is 1. The summed E-state index contributed by atoms with van der Waals surface area (Å²) < 4.78 is 1.54. The number of amides is 1. The number of benzene rings is 1. The number of aryl methyl sites for hydroxylation is 1. The molecule has 1 amide bonds. The first-order valence-corrected chi connectivity index (χ1v) is 8.50. The summed E-state index contributed by atoms with van der Waals surface area (Å²) in [7, 11) is 0. The molecular formula is C19H21N5O. The fourth-order valence-corrected chi connectivity index (χ4v) is 3.94. The topological polar surface area (TPSA) is 63.4 Å². The van der Waals surface area contributed by atoms with Gasteiger partial charge in [-0.1, -0.05) is 25.1 Å². The molecule has 0 saturated carbocycles. The number of rotatable bonds is 1. The van der Waals surface area contributed by atoms with Crippen LogP contribution in [0.3, 0.4) is 0 Å². The Bertz CT molecular complexity index is 975. The van der Waals surface area contributed by atoms with E-state index in [9.17, 15) is 4.79 Å². The molecule has 0 bridgehead atoms. The Morgan fingerprint density at radius 1 is 1.24 bits per heavy atom. The highest BCUT2D eigenvalue weighted by molar-refractivity contribution is 6.07. The van der Waals surface area contributed by atoms with Gasteiger partial charge in [0.05, 0.1) is 0 Å². The first kappa shape index (κ1) is 15.7. The van der Waals surface area contributed by atoms with E-state index in [0.717, 1.165) is 12.1 Å². The molecule has 0 fully saturated rings. The van der Waals surface area contributed by atoms with Gasteiger partial charge in [0, 0.05) is 17.4 Å². The second kappa shape index (κ2) is 5.37. The molecule has 2 aromatic heterocycles. The Morgan fingerprint density at radius 3 is 2.80 bits per heavy atom. The van der Waals surface area contributed by atoms with Crippen LogP contribution in [0.2, 0.25) is 0 Å². The van der Waals surface area contributed by atoms with Crippen molar-refractivity contribution in [3.05, 3.63) is 53.6 Å². The Kier molecular flexibility index (Phi) is 3.39. The summed E-state index contributed by atoms with van der Waals surface area (Å²) in [5.74, 6) is 1.36. The van der Waals surface area contributed by atoms with Crippen LogP contribution in [-0.4, -0.2) is 31.0 Å². The first-order chi connectivity index (χ1) is 11.9. The number of aromatic nitrogens is 4. The Labute approximate surface area is 146 Å². The summed E-state index contributed by atoms with van der Waals surface area (Å²) in [6.45, 7) is 8.24. The molecule has 4 rings (SSSR count). The van der Waals surface area contributed by atoms with E-state index in [4.69, 9.17) is 0 Å². The average Bonchev–Trinajstić information content (AvgIpc) is 2.93. The van der Waals surface area contributed by atoms with Gasteiger partial charge in [-0.3, -0.25) is 4.79 Å². The molecular weight excluding hydrogens is 314 g/mol. The monoisotopic (exact) mass is 335 g/mol. The predicted octanol–water partition coefficient (Wildman–Crippen LogP) is 3.37. The van der Waals surface area contributed by atoms with E-state index in [1.54, 1.807) is 19.2 Å². The van der Waals surface area contributed by atoms with Crippen molar-refractivity contribution in [1.29, 1.82) is 0 Å². The summed E-state index contributed by atoms with van der Waals surface area (Å²) in [4.78, 5) is 23.9. The van der Waals surface area contributed by atoms with Crippen molar-refractivity contribution in [3.63, 3.8) is 0 Å². The zero-order valence-corrected chi connectivity index (χ0v) is 14.9. The quantitative estimate of drug-likeness (QED) is 0.684. The third kappa shape index (κ3) is 2.40. The Hall–Kier alpha value is -2.76. The molecule has 128 valence electrons. The van der Waals surface area contributed by atoms with Crippen molar-refractivity contribution >= 4 is 17.4 Å². The number of hydrogen-bond acceptors (Lipinski definition) is 4. The lowest BCUT2D eigenvalue weighted by Gasteiger charge is -2.45. The van der Waals surface area contributed by atoms with E-state index in [-0.39, 0.29) is 11.4 Å². The molecule has 0 unspecified atom stereocenters. The van der Waals surface area contributed by atoms with Crippen LogP contribution < -0.4 is 4.90 Å². The second-order valence-corrected chi connectivity index (χ2v) is 7.32. The number of hydrogen-bond donors (Lipinski definition) is 0. The Balaban J connectivity index is 1.90. The van der Waals surface area contributed by atoms with Gasteiger partial charge in [-0.05, 0) is 50.8 Å². The van der Waals surface area contributed by atoms with Crippen LogP contribution in [0.5, 0.6) is 0 Å². The van der Waals surface area contributed by atoms with E-state index >= 15 is 0 Å². The van der Waals surface area contributed by atoms with Gasteiger partial charge in [-0.15, -0.1) is 5.10 Å². The minimum atomic E-state index is -0.296. The maximum atomic E-state index is 13.5. The van der Waals surface area contributed by atoms with Gasteiger partial charge in [0.1, 0.15) is 11.5 Å². The zero-order chi connectivity index (χ0) is 17.8. The summed E-state index contributed by atoms with van der Waals surface area (Å²) >= 11 is 0. The van der Waals surface area contributed by atoms with Gasteiger partial charge in [-0.25, -0.2) is 4.98 Å². The molecule has 0 spiro atoms. The molecule has 1 aliphatic rings. The van der Waals surface area contributed by atoms with Crippen molar-refractivity contribution in [2.75, 3.05) is 4.90 Å². The molecule has 0 aliphatic carbocycles. The molecule has 3 heterocycles. The van der Waals surface area contributed by atoms with Crippen LogP contribution in [0.15, 0.2) is 36.5 Å². The van der Waals surface area contributed by atoms with Crippen LogP contribution in [0, 0.1) is 6.92 Å². The van der Waals surface area contributed by atoms with Crippen molar-refractivity contribution in [2.45, 2.75) is 45.6 Å². The molecule has 0 radical (unpaired) electrons. The molecule has 1 atom stereocenters. The molecule has 1 aromatic carbocycles. The van der Waals surface area contributed by atoms with Gasteiger partial charge in [-0.2, -0.15) is 9.50 Å². The standard InChI is InChI=1S/C19H21N5O/c1-12-11-19(3,4)23(15-8-6-5-7-14(12)15)17(25)16-9-10-20-18-21-13(2)22-24(16)18/h5-10,12H,11H2,1-4H3/t12-/m0/s1. The highest BCUT2D eigenvalue weighted by Crippen LogP contribution is 2.43. The minimum Gasteiger partial charge on any atom is -0.301 e. The molecule has 0 N–H and O–H groups in total. The zero-order valence-electron chi connectivity index (χ0n) is 14.9. The van der Waals surface area contributed by atoms with Crippen LogP contribution in [0.1, 0.15) is 55.0 Å². The van der Waals surface area contributed by atoms with Crippen molar-refractivity contribution < 1.29 is 4.79 Å². The summed E-state index contributed by atoms with van der Waals surface area (Å²) in [5, 5.41) is 4.34. The molecule has 1 aliphatic heterocycles. The summed E-state index contributed by atoms with van der Waals surface area (Å²) in [6, 6.07) is 9.85. The van der Waals surface area contributed by atoms with E-state index in [1.165, 1.54) is 10.1 Å². The normalized spacial score (nSPS) is 19.0. The largest absolute Gasteiger partial charge is 0.301 e. The third-order valence-corrected chi connectivity index (χ3v) is 4.89. The maximum absolute atomic E-state index is 13.5. The molecule has 0 saturated heterocycles. The molecule has 3 aromatic rings.